The predicted molar refractivity (Wildman–Crippen MR) is 87.0 cm³/mol. The number of nitriles is 1. The molecule has 0 spiro atoms. The number of carbonyl (C=O) groups is 1. The highest BCUT2D eigenvalue weighted by Gasteiger charge is 2.19. The van der Waals surface area contributed by atoms with Crippen molar-refractivity contribution in [2.75, 3.05) is 20.8 Å². The summed E-state index contributed by atoms with van der Waals surface area (Å²) in [6.45, 7) is 2.20. The zero-order valence-electron chi connectivity index (χ0n) is 13.6. The number of hydrogen-bond donors (Lipinski definition) is 0. The summed E-state index contributed by atoms with van der Waals surface area (Å²) >= 11 is 0. The molecule has 0 radical (unpaired) electrons. The molecule has 1 heterocycles. The maximum absolute atomic E-state index is 11.6. The van der Waals surface area contributed by atoms with Crippen molar-refractivity contribution in [1.82, 2.24) is 4.90 Å². The van der Waals surface area contributed by atoms with E-state index in [9.17, 15) is 4.79 Å². The first-order valence-electron chi connectivity index (χ1n) is 7.36. The second kappa shape index (κ2) is 7.50. The van der Waals surface area contributed by atoms with Crippen LogP contribution in [0.2, 0.25) is 0 Å². The number of methoxy groups -OCH3 is 2. The van der Waals surface area contributed by atoms with Crippen LogP contribution in [0.4, 0.5) is 0 Å². The molecule has 0 saturated heterocycles. The molecule has 23 heavy (non-hydrogen) atoms. The standard InChI is InChI=1S/C18H20N2O3/c1-13(21)16-12-20(9-7-15(16)11-19)8-6-14-4-5-17(22-2)18(10-14)23-3/h4-5,7,9-10,12,15H,6,8H2,1-3H3. The maximum atomic E-state index is 11.6. The van der Waals surface area contributed by atoms with Crippen LogP contribution in [0.1, 0.15) is 12.5 Å². The normalized spacial score (nSPS) is 16.5. The summed E-state index contributed by atoms with van der Waals surface area (Å²) in [6.07, 6.45) is 6.15. The van der Waals surface area contributed by atoms with E-state index >= 15 is 0 Å². The number of allylic oxidation sites excluding steroid dienone is 2. The van der Waals surface area contributed by atoms with Gasteiger partial charge in [0.25, 0.3) is 0 Å². The third kappa shape index (κ3) is 3.92. The minimum absolute atomic E-state index is 0.0722. The van der Waals surface area contributed by atoms with Crippen molar-refractivity contribution < 1.29 is 14.3 Å². The Morgan fingerprint density at radius 3 is 2.65 bits per heavy atom. The summed E-state index contributed by atoms with van der Waals surface area (Å²) in [7, 11) is 3.22. The molecule has 1 aromatic rings. The number of benzene rings is 1. The number of hydrogen-bond acceptors (Lipinski definition) is 5. The predicted octanol–water partition coefficient (Wildman–Crippen LogP) is 2.69. The van der Waals surface area contributed by atoms with Crippen molar-refractivity contribution in [2.24, 2.45) is 5.92 Å². The molecule has 0 bridgehead atoms. The van der Waals surface area contributed by atoms with Crippen molar-refractivity contribution in [3.63, 3.8) is 0 Å². The SMILES string of the molecule is COc1ccc(CCN2C=CC(C#N)C(C(C)=O)=C2)cc1OC. The van der Waals surface area contributed by atoms with Crippen molar-refractivity contribution in [1.29, 1.82) is 5.26 Å². The van der Waals surface area contributed by atoms with Crippen molar-refractivity contribution in [3.8, 4) is 17.6 Å². The lowest BCUT2D eigenvalue weighted by atomic mass is 9.96. The molecule has 1 unspecified atom stereocenters. The molecule has 0 aliphatic carbocycles. The molecule has 2 rings (SSSR count). The second-order valence-corrected chi connectivity index (χ2v) is 5.27. The molecule has 0 aromatic heterocycles. The van der Waals surface area contributed by atoms with Crippen LogP contribution in [0, 0.1) is 17.2 Å². The zero-order valence-corrected chi connectivity index (χ0v) is 13.6. The molecule has 5 nitrogen and oxygen atoms in total. The molecular formula is C18H20N2O3. The minimum Gasteiger partial charge on any atom is -0.493 e. The molecule has 5 heteroatoms. The van der Waals surface area contributed by atoms with Crippen LogP contribution < -0.4 is 9.47 Å². The van der Waals surface area contributed by atoms with E-state index in [1.165, 1.54) is 6.92 Å². The summed E-state index contributed by atoms with van der Waals surface area (Å²) in [4.78, 5) is 13.6. The summed E-state index contributed by atoms with van der Waals surface area (Å²) in [5, 5.41) is 9.07. The molecule has 0 fully saturated rings. The lowest BCUT2D eigenvalue weighted by Crippen LogP contribution is -2.22. The fraction of sp³-hybridized carbons (Fsp3) is 0.333. The van der Waals surface area contributed by atoms with Crippen LogP contribution in [0.25, 0.3) is 0 Å². The van der Waals surface area contributed by atoms with Gasteiger partial charge in [-0.2, -0.15) is 5.26 Å². The first-order valence-corrected chi connectivity index (χ1v) is 7.36. The van der Waals surface area contributed by atoms with E-state index in [2.05, 4.69) is 6.07 Å². The Morgan fingerprint density at radius 1 is 1.30 bits per heavy atom. The van der Waals surface area contributed by atoms with Crippen molar-refractivity contribution in [2.45, 2.75) is 13.3 Å². The maximum Gasteiger partial charge on any atom is 0.160 e. The van der Waals surface area contributed by atoms with E-state index in [1.54, 1.807) is 26.5 Å². The Morgan fingerprint density at radius 2 is 2.04 bits per heavy atom. The Balaban J connectivity index is 2.07. The van der Waals surface area contributed by atoms with E-state index < -0.39 is 5.92 Å². The fourth-order valence-electron chi connectivity index (χ4n) is 2.46. The van der Waals surface area contributed by atoms with Gasteiger partial charge in [0.1, 0.15) is 0 Å². The minimum atomic E-state index is -0.454. The molecule has 0 N–H and O–H groups in total. The van der Waals surface area contributed by atoms with Gasteiger partial charge in [-0.1, -0.05) is 6.07 Å². The number of ether oxygens (including phenoxy) is 2. The molecule has 1 aliphatic rings. The number of rotatable bonds is 6. The van der Waals surface area contributed by atoms with Crippen LogP contribution in [0.3, 0.4) is 0 Å². The van der Waals surface area contributed by atoms with E-state index in [0.717, 1.165) is 12.0 Å². The van der Waals surface area contributed by atoms with Gasteiger partial charge in [0.2, 0.25) is 0 Å². The molecular weight excluding hydrogens is 292 g/mol. The van der Waals surface area contributed by atoms with Gasteiger partial charge in [-0.05, 0) is 37.1 Å². The van der Waals surface area contributed by atoms with Gasteiger partial charge < -0.3 is 14.4 Å². The number of ketones is 1. The third-order valence-electron chi connectivity index (χ3n) is 3.76. The first kappa shape index (κ1) is 16.6. The lowest BCUT2D eigenvalue weighted by molar-refractivity contribution is -0.113. The van der Waals surface area contributed by atoms with Crippen LogP contribution in [0.15, 0.2) is 42.2 Å². The molecule has 1 aromatic carbocycles. The first-order chi connectivity index (χ1) is 11.1. The van der Waals surface area contributed by atoms with Crippen molar-refractivity contribution in [3.05, 3.63) is 47.8 Å². The van der Waals surface area contributed by atoms with E-state index in [1.807, 2.05) is 29.3 Å². The lowest BCUT2D eigenvalue weighted by Gasteiger charge is -2.23. The highest BCUT2D eigenvalue weighted by Crippen LogP contribution is 2.28. The Kier molecular flexibility index (Phi) is 5.42. The summed E-state index contributed by atoms with van der Waals surface area (Å²) in [5.41, 5.74) is 1.64. The van der Waals surface area contributed by atoms with Gasteiger partial charge in [0.05, 0.1) is 26.2 Å². The summed E-state index contributed by atoms with van der Waals surface area (Å²) < 4.78 is 10.5. The number of nitrogens with zero attached hydrogens (tertiary/aromatic N) is 2. The van der Waals surface area contributed by atoms with Gasteiger partial charge in [-0.3, -0.25) is 4.79 Å². The summed E-state index contributed by atoms with van der Waals surface area (Å²) in [6, 6.07) is 7.94. The Labute approximate surface area is 136 Å². The van der Waals surface area contributed by atoms with Gasteiger partial charge in [-0.15, -0.1) is 0 Å². The van der Waals surface area contributed by atoms with Gasteiger partial charge in [-0.25, -0.2) is 0 Å². The average molecular weight is 312 g/mol. The Hall–Kier alpha value is -2.74. The monoisotopic (exact) mass is 312 g/mol. The highest BCUT2D eigenvalue weighted by molar-refractivity contribution is 5.94. The fourth-order valence-corrected chi connectivity index (χ4v) is 2.46. The molecule has 0 saturated carbocycles. The quantitative estimate of drug-likeness (QED) is 0.808. The largest absolute Gasteiger partial charge is 0.493 e. The van der Waals surface area contributed by atoms with Gasteiger partial charge in [0.15, 0.2) is 17.3 Å². The average Bonchev–Trinajstić information content (AvgIpc) is 2.59. The van der Waals surface area contributed by atoms with Crippen LogP contribution in [-0.4, -0.2) is 31.4 Å². The van der Waals surface area contributed by atoms with Crippen LogP contribution >= 0.6 is 0 Å². The van der Waals surface area contributed by atoms with Crippen molar-refractivity contribution >= 4 is 5.78 Å². The second-order valence-electron chi connectivity index (χ2n) is 5.27. The van der Waals surface area contributed by atoms with E-state index in [-0.39, 0.29) is 5.78 Å². The molecule has 120 valence electrons. The zero-order chi connectivity index (χ0) is 16.8. The van der Waals surface area contributed by atoms with E-state index in [0.29, 0.717) is 23.6 Å². The van der Waals surface area contributed by atoms with Gasteiger partial charge in [0, 0.05) is 24.5 Å². The molecule has 1 aliphatic heterocycles. The third-order valence-corrected chi connectivity index (χ3v) is 3.76. The molecule has 1 atom stereocenters. The highest BCUT2D eigenvalue weighted by atomic mass is 16.5. The molecule has 0 amide bonds. The van der Waals surface area contributed by atoms with Crippen LogP contribution in [0.5, 0.6) is 11.5 Å². The Bertz CT molecular complexity index is 686. The topological polar surface area (TPSA) is 62.6 Å². The summed E-state index contributed by atoms with van der Waals surface area (Å²) in [5.74, 6) is 0.871. The van der Waals surface area contributed by atoms with E-state index in [4.69, 9.17) is 14.7 Å². The van der Waals surface area contributed by atoms with Crippen LogP contribution in [-0.2, 0) is 11.2 Å². The number of carbonyl (C=O) groups excluding carboxylic acids is 1. The number of Topliss-reactive ketones (excluding diaryl/α,β-unsaturated/α-hetero) is 1. The smallest absolute Gasteiger partial charge is 0.160 e. The van der Waals surface area contributed by atoms with Gasteiger partial charge >= 0.3 is 0 Å².